The summed E-state index contributed by atoms with van der Waals surface area (Å²) < 4.78 is 5.78. The van der Waals surface area contributed by atoms with Crippen LogP contribution in [0, 0.1) is 0 Å². The molecule has 0 aliphatic rings. The van der Waals surface area contributed by atoms with Gasteiger partial charge in [0.2, 0.25) is 5.91 Å². The Kier molecular flexibility index (Phi) is 6.80. The summed E-state index contributed by atoms with van der Waals surface area (Å²) in [6, 6.07) is 20.2. The molecule has 140 valence electrons. The van der Waals surface area contributed by atoms with Crippen molar-refractivity contribution in [2.45, 2.75) is 38.5 Å². The molecule has 4 nitrogen and oxygen atoms in total. The third kappa shape index (κ3) is 5.55. The van der Waals surface area contributed by atoms with Gasteiger partial charge in [0, 0.05) is 30.9 Å². The highest BCUT2D eigenvalue weighted by atomic mass is 16.4. The average molecular weight is 362 g/mol. The van der Waals surface area contributed by atoms with Gasteiger partial charge in [-0.1, -0.05) is 67.6 Å². The molecule has 1 atom stereocenters. The molecule has 1 heterocycles. The topological polar surface area (TPSA) is 55.1 Å². The summed E-state index contributed by atoms with van der Waals surface area (Å²) in [6.07, 6.45) is 4.62. The Balaban J connectivity index is 1.41. The Labute approximate surface area is 160 Å². The van der Waals surface area contributed by atoms with Crippen molar-refractivity contribution in [1.82, 2.24) is 10.3 Å². The first-order valence-electron chi connectivity index (χ1n) is 9.58. The van der Waals surface area contributed by atoms with Crippen LogP contribution < -0.4 is 5.32 Å². The number of carbonyl (C=O) groups is 1. The number of carbonyl (C=O) groups excluding carboxylic acids is 1. The number of rotatable bonds is 9. The molecule has 3 rings (SSSR count). The van der Waals surface area contributed by atoms with Crippen LogP contribution >= 0.6 is 0 Å². The predicted molar refractivity (Wildman–Crippen MR) is 107 cm³/mol. The van der Waals surface area contributed by atoms with Crippen molar-refractivity contribution in [2.24, 2.45) is 0 Å². The fraction of sp³-hybridized carbons (Fsp3) is 0.304. The summed E-state index contributed by atoms with van der Waals surface area (Å²) >= 11 is 0. The number of aromatic nitrogens is 1. The van der Waals surface area contributed by atoms with Crippen LogP contribution in [-0.2, 0) is 11.2 Å². The second-order valence-electron chi connectivity index (χ2n) is 6.66. The Hall–Kier alpha value is -2.88. The third-order valence-electron chi connectivity index (χ3n) is 4.72. The molecule has 0 fully saturated rings. The van der Waals surface area contributed by atoms with Crippen LogP contribution in [0.1, 0.15) is 43.6 Å². The van der Waals surface area contributed by atoms with E-state index < -0.39 is 0 Å². The van der Waals surface area contributed by atoms with E-state index in [9.17, 15) is 4.79 Å². The van der Waals surface area contributed by atoms with Gasteiger partial charge >= 0.3 is 0 Å². The lowest BCUT2D eigenvalue weighted by Gasteiger charge is -2.16. The monoisotopic (exact) mass is 362 g/mol. The number of oxazole rings is 1. The van der Waals surface area contributed by atoms with E-state index in [2.05, 4.69) is 29.4 Å². The number of benzene rings is 2. The second kappa shape index (κ2) is 9.72. The maximum absolute atomic E-state index is 12.1. The van der Waals surface area contributed by atoms with E-state index in [1.165, 1.54) is 5.56 Å². The van der Waals surface area contributed by atoms with Gasteiger partial charge in [0.25, 0.3) is 0 Å². The largest absolute Gasteiger partial charge is 0.441 e. The minimum atomic E-state index is 0.0826. The van der Waals surface area contributed by atoms with Crippen molar-refractivity contribution in [1.29, 1.82) is 0 Å². The maximum atomic E-state index is 12.1. The Bertz CT molecular complexity index is 828. The summed E-state index contributed by atoms with van der Waals surface area (Å²) in [7, 11) is 0. The maximum Gasteiger partial charge on any atom is 0.220 e. The summed E-state index contributed by atoms with van der Waals surface area (Å²) in [4.78, 5) is 16.5. The smallest absolute Gasteiger partial charge is 0.220 e. The molecule has 4 heteroatoms. The Morgan fingerprint density at radius 2 is 1.78 bits per heavy atom. The zero-order valence-corrected chi connectivity index (χ0v) is 15.7. The van der Waals surface area contributed by atoms with Gasteiger partial charge < -0.3 is 9.73 Å². The molecular weight excluding hydrogens is 336 g/mol. The summed E-state index contributed by atoms with van der Waals surface area (Å²) in [5.74, 6) is 1.88. The van der Waals surface area contributed by atoms with Crippen LogP contribution in [0.4, 0.5) is 0 Å². The zero-order valence-electron chi connectivity index (χ0n) is 15.7. The zero-order chi connectivity index (χ0) is 18.9. The number of nitrogens with zero attached hydrogens (tertiary/aromatic N) is 1. The van der Waals surface area contributed by atoms with Crippen molar-refractivity contribution in [3.63, 3.8) is 0 Å². The van der Waals surface area contributed by atoms with Gasteiger partial charge in [-0.2, -0.15) is 0 Å². The Morgan fingerprint density at radius 3 is 2.48 bits per heavy atom. The standard InChI is InChI=1S/C23H26N2O2/c1-2-18(19-10-5-3-6-11-19)16-24-22(26)14-9-15-23-25-17-21(27-23)20-12-7-4-8-13-20/h3-8,10-13,17-18H,2,9,14-16H2,1H3,(H,24,26). The molecule has 3 aromatic rings. The molecule has 27 heavy (non-hydrogen) atoms. The highest BCUT2D eigenvalue weighted by Gasteiger charge is 2.11. The molecular formula is C23H26N2O2. The van der Waals surface area contributed by atoms with Crippen molar-refractivity contribution >= 4 is 5.91 Å². The first-order chi connectivity index (χ1) is 13.3. The molecule has 1 N–H and O–H groups in total. The molecule has 0 saturated heterocycles. The minimum absolute atomic E-state index is 0.0826. The first kappa shape index (κ1) is 18.9. The summed E-state index contributed by atoms with van der Waals surface area (Å²) in [5, 5.41) is 3.06. The van der Waals surface area contributed by atoms with E-state index in [1.807, 2.05) is 48.5 Å². The molecule has 1 unspecified atom stereocenters. The minimum Gasteiger partial charge on any atom is -0.441 e. The van der Waals surface area contributed by atoms with Crippen LogP contribution in [0.25, 0.3) is 11.3 Å². The SMILES string of the molecule is CCC(CNC(=O)CCCc1ncc(-c2ccccc2)o1)c1ccccc1. The average Bonchev–Trinajstić information content (AvgIpc) is 3.19. The van der Waals surface area contributed by atoms with E-state index >= 15 is 0 Å². The van der Waals surface area contributed by atoms with Gasteiger partial charge in [-0.25, -0.2) is 4.98 Å². The molecule has 0 bridgehead atoms. The normalized spacial score (nSPS) is 11.9. The summed E-state index contributed by atoms with van der Waals surface area (Å²) in [5.41, 5.74) is 2.29. The number of nitrogens with one attached hydrogen (secondary N) is 1. The second-order valence-corrected chi connectivity index (χ2v) is 6.66. The highest BCUT2D eigenvalue weighted by molar-refractivity contribution is 5.75. The van der Waals surface area contributed by atoms with Crippen molar-refractivity contribution in [3.8, 4) is 11.3 Å². The molecule has 1 amide bonds. The number of hydrogen-bond donors (Lipinski definition) is 1. The number of amides is 1. The molecule has 0 radical (unpaired) electrons. The van der Waals surface area contributed by atoms with E-state index in [0.717, 1.165) is 24.2 Å². The lowest BCUT2D eigenvalue weighted by molar-refractivity contribution is -0.121. The fourth-order valence-electron chi connectivity index (χ4n) is 3.11. The lowest BCUT2D eigenvalue weighted by Crippen LogP contribution is -2.28. The van der Waals surface area contributed by atoms with Gasteiger partial charge in [-0.05, 0) is 18.4 Å². The number of aryl methyl sites for hydroxylation is 1. The van der Waals surface area contributed by atoms with Crippen molar-refractivity contribution in [2.75, 3.05) is 6.54 Å². The van der Waals surface area contributed by atoms with Crippen LogP contribution in [-0.4, -0.2) is 17.4 Å². The van der Waals surface area contributed by atoms with E-state index in [0.29, 0.717) is 31.2 Å². The van der Waals surface area contributed by atoms with Crippen LogP contribution in [0.3, 0.4) is 0 Å². The Morgan fingerprint density at radius 1 is 1.07 bits per heavy atom. The van der Waals surface area contributed by atoms with E-state index in [1.54, 1.807) is 6.20 Å². The molecule has 0 aliphatic carbocycles. The quantitative estimate of drug-likeness (QED) is 0.584. The van der Waals surface area contributed by atoms with E-state index in [-0.39, 0.29) is 5.91 Å². The van der Waals surface area contributed by atoms with Crippen LogP contribution in [0.5, 0.6) is 0 Å². The van der Waals surface area contributed by atoms with E-state index in [4.69, 9.17) is 4.42 Å². The first-order valence-corrected chi connectivity index (χ1v) is 9.58. The van der Waals surface area contributed by atoms with Crippen LogP contribution in [0.2, 0.25) is 0 Å². The molecule has 0 spiro atoms. The van der Waals surface area contributed by atoms with Crippen molar-refractivity contribution in [3.05, 3.63) is 78.3 Å². The molecule has 0 saturated carbocycles. The summed E-state index contributed by atoms with van der Waals surface area (Å²) in [6.45, 7) is 2.83. The van der Waals surface area contributed by atoms with Gasteiger partial charge in [-0.3, -0.25) is 4.79 Å². The third-order valence-corrected chi connectivity index (χ3v) is 4.72. The van der Waals surface area contributed by atoms with Gasteiger partial charge in [-0.15, -0.1) is 0 Å². The fourth-order valence-corrected chi connectivity index (χ4v) is 3.11. The van der Waals surface area contributed by atoms with Gasteiger partial charge in [0.05, 0.1) is 6.20 Å². The molecule has 0 aliphatic heterocycles. The van der Waals surface area contributed by atoms with Crippen molar-refractivity contribution < 1.29 is 9.21 Å². The van der Waals surface area contributed by atoms with Gasteiger partial charge in [0.15, 0.2) is 11.7 Å². The number of hydrogen-bond acceptors (Lipinski definition) is 3. The lowest BCUT2D eigenvalue weighted by atomic mass is 9.96. The highest BCUT2D eigenvalue weighted by Crippen LogP contribution is 2.21. The molecule has 1 aromatic heterocycles. The van der Waals surface area contributed by atoms with Gasteiger partial charge in [0.1, 0.15) is 0 Å². The molecule has 2 aromatic carbocycles. The van der Waals surface area contributed by atoms with Crippen LogP contribution in [0.15, 0.2) is 71.3 Å². The predicted octanol–water partition coefficient (Wildman–Crippen LogP) is 4.97.